The van der Waals surface area contributed by atoms with Crippen molar-refractivity contribution in [3.8, 4) is 0 Å². The molecule has 10 heteroatoms. The summed E-state index contributed by atoms with van der Waals surface area (Å²) in [5.41, 5.74) is 7.22. The zero-order chi connectivity index (χ0) is 16.2. The van der Waals surface area contributed by atoms with Crippen LogP contribution in [0.4, 0.5) is 18.9 Å². The summed E-state index contributed by atoms with van der Waals surface area (Å²) in [6.45, 7) is 0.769. The topological polar surface area (TPSA) is 99.2 Å². The molecule has 3 N–H and O–H groups in total. The highest BCUT2D eigenvalue weighted by atomic mass is 19.4. The molecular formula is C11H15F3N4O3. The van der Waals surface area contributed by atoms with Gasteiger partial charge in [0.15, 0.2) is 6.61 Å². The summed E-state index contributed by atoms with van der Waals surface area (Å²) in [6, 6.07) is 0. The Morgan fingerprint density at radius 1 is 1.38 bits per heavy atom. The molecule has 0 aromatic carbocycles. The molecule has 0 aliphatic heterocycles. The summed E-state index contributed by atoms with van der Waals surface area (Å²) in [6.07, 6.45) is -4.51. The lowest BCUT2D eigenvalue weighted by atomic mass is 10.3. The monoisotopic (exact) mass is 308 g/mol. The van der Waals surface area contributed by atoms with Crippen molar-refractivity contribution in [2.45, 2.75) is 26.6 Å². The minimum Gasteiger partial charge on any atom is -0.454 e. The second kappa shape index (κ2) is 6.46. The van der Waals surface area contributed by atoms with Crippen LogP contribution in [0.25, 0.3) is 0 Å². The fourth-order valence-electron chi connectivity index (χ4n) is 1.43. The standard InChI is InChI=1S/C11H15F3N4O3/c1-6-10(15)7(2)18(17-6)3-9(20)21-4-8(19)16-5-11(12,13)14/h3-5,15H2,1-2H3,(H,16,19). The summed E-state index contributed by atoms with van der Waals surface area (Å²) >= 11 is 0. The Morgan fingerprint density at radius 2 is 2.00 bits per heavy atom. The van der Waals surface area contributed by atoms with Gasteiger partial charge in [0.2, 0.25) is 0 Å². The van der Waals surface area contributed by atoms with Crippen molar-refractivity contribution in [2.75, 3.05) is 18.9 Å². The van der Waals surface area contributed by atoms with E-state index in [-0.39, 0.29) is 6.54 Å². The van der Waals surface area contributed by atoms with Gasteiger partial charge in [-0.05, 0) is 13.8 Å². The Hall–Kier alpha value is -2.26. The largest absolute Gasteiger partial charge is 0.454 e. The van der Waals surface area contributed by atoms with Crippen molar-refractivity contribution in [1.82, 2.24) is 15.1 Å². The number of ether oxygens (including phenoxy) is 1. The van der Waals surface area contributed by atoms with E-state index in [1.54, 1.807) is 19.2 Å². The number of carbonyl (C=O) groups is 2. The molecule has 0 radical (unpaired) electrons. The number of anilines is 1. The molecule has 1 amide bonds. The fourth-order valence-corrected chi connectivity index (χ4v) is 1.43. The number of hydrogen-bond acceptors (Lipinski definition) is 5. The van der Waals surface area contributed by atoms with E-state index < -0.39 is 31.2 Å². The van der Waals surface area contributed by atoms with Gasteiger partial charge >= 0.3 is 12.1 Å². The summed E-state index contributed by atoms with van der Waals surface area (Å²) in [5.74, 6) is -1.84. The summed E-state index contributed by atoms with van der Waals surface area (Å²) in [7, 11) is 0. The summed E-state index contributed by atoms with van der Waals surface area (Å²) < 4.78 is 41.4. The van der Waals surface area contributed by atoms with E-state index >= 15 is 0 Å². The minimum absolute atomic E-state index is 0.281. The number of nitrogens with zero attached hydrogens (tertiary/aromatic N) is 2. The van der Waals surface area contributed by atoms with Crippen molar-refractivity contribution < 1.29 is 27.5 Å². The Balaban J connectivity index is 2.41. The second-order valence-electron chi connectivity index (χ2n) is 4.29. The van der Waals surface area contributed by atoms with Gasteiger partial charge in [-0.3, -0.25) is 14.3 Å². The lowest BCUT2D eigenvalue weighted by molar-refractivity contribution is -0.152. The van der Waals surface area contributed by atoms with Gasteiger partial charge in [0.1, 0.15) is 13.1 Å². The maximum absolute atomic E-state index is 11.8. The van der Waals surface area contributed by atoms with Gasteiger partial charge in [-0.2, -0.15) is 18.3 Å². The van der Waals surface area contributed by atoms with Crippen LogP contribution in [-0.2, 0) is 20.9 Å². The van der Waals surface area contributed by atoms with E-state index in [0.717, 1.165) is 0 Å². The first-order valence-electron chi connectivity index (χ1n) is 5.88. The Kier molecular flexibility index (Phi) is 5.17. The number of alkyl halides is 3. The normalized spacial score (nSPS) is 11.3. The summed E-state index contributed by atoms with van der Waals surface area (Å²) in [4.78, 5) is 22.5. The zero-order valence-corrected chi connectivity index (χ0v) is 11.5. The molecule has 21 heavy (non-hydrogen) atoms. The number of rotatable bonds is 5. The van der Waals surface area contributed by atoms with E-state index in [2.05, 4.69) is 9.84 Å². The molecule has 0 atom stereocenters. The maximum atomic E-state index is 11.8. The third kappa shape index (κ3) is 5.32. The predicted molar refractivity (Wildman–Crippen MR) is 66.1 cm³/mol. The van der Waals surface area contributed by atoms with E-state index in [1.165, 1.54) is 4.68 Å². The Bertz CT molecular complexity index is 540. The average Bonchev–Trinajstić information content (AvgIpc) is 2.61. The highest BCUT2D eigenvalue weighted by molar-refractivity contribution is 5.80. The molecule has 0 aliphatic carbocycles. The third-order valence-electron chi connectivity index (χ3n) is 2.57. The molecule has 1 aromatic rings. The molecule has 1 aromatic heterocycles. The van der Waals surface area contributed by atoms with Crippen molar-refractivity contribution >= 4 is 17.6 Å². The van der Waals surface area contributed by atoms with Crippen LogP contribution in [0.15, 0.2) is 0 Å². The molecule has 118 valence electrons. The van der Waals surface area contributed by atoms with Crippen LogP contribution in [0.1, 0.15) is 11.4 Å². The number of halogens is 3. The van der Waals surface area contributed by atoms with Crippen LogP contribution in [0.3, 0.4) is 0 Å². The molecular weight excluding hydrogens is 293 g/mol. The number of nitrogens with one attached hydrogen (secondary N) is 1. The van der Waals surface area contributed by atoms with Crippen LogP contribution in [0.2, 0.25) is 0 Å². The van der Waals surface area contributed by atoms with Gasteiger partial charge in [0.25, 0.3) is 5.91 Å². The smallest absolute Gasteiger partial charge is 0.405 e. The highest BCUT2D eigenvalue weighted by Gasteiger charge is 2.27. The molecule has 0 fully saturated rings. The number of hydrogen-bond donors (Lipinski definition) is 2. The third-order valence-corrected chi connectivity index (χ3v) is 2.57. The van der Waals surface area contributed by atoms with Crippen LogP contribution in [0.5, 0.6) is 0 Å². The first-order chi connectivity index (χ1) is 9.60. The molecule has 0 aliphatic rings. The molecule has 0 saturated carbocycles. The highest BCUT2D eigenvalue weighted by Crippen LogP contribution is 2.14. The van der Waals surface area contributed by atoms with Crippen LogP contribution >= 0.6 is 0 Å². The van der Waals surface area contributed by atoms with Crippen molar-refractivity contribution in [3.05, 3.63) is 11.4 Å². The summed E-state index contributed by atoms with van der Waals surface area (Å²) in [5, 5.41) is 5.57. The van der Waals surface area contributed by atoms with Gasteiger partial charge < -0.3 is 15.8 Å². The number of nitrogen functional groups attached to an aromatic ring is 1. The lowest BCUT2D eigenvalue weighted by Crippen LogP contribution is -2.36. The number of esters is 1. The van der Waals surface area contributed by atoms with Crippen LogP contribution in [0, 0.1) is 13.8 Å². The van der Waals surface area contributed by atoms with E-state index in [1.807, 2.05) is 0 Å². The van der Waals surface area contributed by atoms with Crippen molar-refractivity contribution in [2.24, 2.45) is 0 Å². The molecule has 0 spiro atoms. The SMILES string of the molecule is Cc1nn(CC(=O)OCC(=O)NCC(F)(F)F)c(C)c1N. The number of amides is 1. The lowest BCUT2D eigenvalue weighted by Gasteiger charge is -2.09. The first-order valence-corrected chi connectivity index (χ1v) is 5.88. The van der Waals surface area contributed by atoms with Crippen LogP contribution in [-0.4, -0.2) is 41.0 Å². The number of carbonyl (C=O) groups excluding carboxylic acids is 2. The van der Waals surface area contributed by atoms with Crippen LogP contribution < -0.4 is 11.1 Å². The maximum Gasteiger partial charge on any atom is 0.405 e. The van der Waals surface area contributed by atoms with Gasteiger partial charge in [-0.1, -0.05) is 0 Å². The quantitative estimate of drug-likeness (QED) is 0.762. The van der Waals surface area contributed by atoms with Gasteiger partial charge in [-0.15, -0.1) is 0 Å². The minimum atomic E-state index is -4.51. The molecule has 7 nitrogen and oxygen atoms in total. The van der Waals surface area contributed by atoms with E-state index in [0.29, 0.717) is 17.1 Å². The van der Waals surface area contributed by atoms with Gasteiger partial charge in [-0.25, -0.2) is 0 Å². The Labute approximate surface area is 118 Å². The molecule has 0 bridgehead atoms. The second-order valence-corrected chi connectivity index (χ2v) is 4.29. The first kappa shape index (κ1) is 16.8. The molecule has 0 unspecified atom stereocenters. The number of aromatic nitrogens is 2. The molecule has 0 saturated heterocycles. The molecule has 1 rings (SSSR count). The van der Waals surface area contributed by atoms with Crippen molar-refractivity contribution in [1.29, 1.82) is 0 Å². The van der Waals surface area contributed by atoms with E-state index in [4.69, 9.17) is 5.73 Å². The predicted octanol–water partition coefficient (Wildman–Crippen LogP) is 0.304. The average molecular weight is 308 g/mol. The van der Waals surface area contributed by atoms with Gasteiger partial charge in [0, 0.05) is 0 Å². The zero-order valence-electron chi connectivity index (χ0n) is 11.5. The van der Waals surface area contributed by atoms with Gasteiger partial charge in [0.05, 0.1) is 17.1 Å². The fraction of sp³-hybridized carbons (Fsp3) is 0.545. The van der Waals surface area contributed by atoms with E-state index in [9.17, 15) is 22.8 Å². The number of nitrogens with two attached hydrogens (primary N) is 1. The Morgan fingerprint density at radius 3 is 2.48 bits per heavy atom. The van der Waals surface area contributed by atoms with Crippen molar-refractivity contribution in [3.63, 3.8) is 0 Å². The molecule has 1 heterocycles. The number of aryl methyl sites for hydroxylation is 1.